The zero-order valence-electron chi connectivity index (χ0n) is 12.8. The fourth-order valence-electron chi connectivity index (χ4n) is 2.24. The molecule has 2 N–H and O–H groups in total. The molecule has 1 amide bonds. The number of aliphatic hydroxyl groups excluding tert-OH is 1. The van der Waals surface area contributed by atoms with Gasteiger partial charge in [-0.3, -0.25) is 9.78 Å². The molecule has 1 aromatic carbocycles. The number of hydrogen-bond donors (Lipinski definition) is 2. The zero-order chi connectivity index (χ0) is 17.8. The van der Waals surface area contributed by atoms with Crippen molar-refractivity contribution in [3.63, 3.8) is 0 Å². The highest BCUT2D eigenvalue weighted by atomic mass is 32.2. The number of hydrogen-bond acceptors (Lipinski definition) is 5. The number of carbonyl (C=O) groups is 1. The predicted octanol–water partition coefficient (Wildman–Crippen LogP) is 2.65. The number of carbonyl (C=O) groups excluding carboxylic acids is 1. The first kappa shape index (κ1) is 17.2. The van der Waals surface area contributed by atoms with Crippen LogP contribution in [0.4, 0.5) is 8.78 Å². The summed E-state index contributed by atoms with van der Waals surface area (Å²) in [6, 6.07) is 6.65. The first-order valence-electron chi connectivity index (χ1n) is 7.29. The van der Waals surface area contributed by atoms with E-state index >= 15 is 0 Å². The van der Waals surface area contributed by atoms with E-state index in [2.05, 4.69) is 15.3 Å². The molecule has 1 aromatic heterocycles. The normalized spacial score (nSPS) is 15.2. The van der Waals surface area contributed by atoms with Crippen molar-refractivity contribution in [3.05, 3.63) is 70.9 Å². The van der Waals surface area contributed by atoms with Gasteiger partial charge in [-0.25, -0.2) is 13.8 Å². The molecule has 0 bridgehead atoms. The van der Waals surface area contributed by atoms with Gasteiger partial charge in [0.2, 0.25) is 0 Å². The molecule has 0 fully saturated rings. The van der Waals surface area contributed by atoms with E-state index in [4.69, 9.17) is 0 Å². The van der Waals surface area contributed by atoms with Crippen molar-refractivity contribution in [1.29, 1.82) is 0 Å². The number of nitrogens with zero attached hydrogens (tertiary/aromatic N) is 2. The molecule has 0 aliphatic carbocycles. The highest BCUT2D eigenvalue weighted by Gasteiger charge is 2.26. The second kappa shape index (κ2) is 7.54. The van der Waals surface area contributed by atoms with Crippen molar-refractivity contribution >= 4 is 29.2 Å². The minimum absolute atomic E-state index is 0.292. The summed E-state index contributed by atoms with van der Waals surface area (Å²) in [5, 5.41) is 14.2. The van der Waals surface area contributed by atoms with Crippen molar-refractivity contribution in [1.82, 2.24) is 10.3 Å². The average molecular weight is 361 g/mol. The third-order valence-electron chi connectivity index (χ3n) is 3.44. The highest BCUT2D eigenvalue weighted by molar-refractivity contribution is 8.03. The van der Waals surface area contributed by atoms with Gasteiger partial charge in [-0.2, -0.15) is 0 Å². The maximum absolute atomic E-state index is 13.7. The Morgan fingerprint density at radius 1 is 1.20 bits per heavy atom. The van der Waals surface area contributed by atoms with Crippen LogP contribution in [0.3, 0.4) is 0 Å². The molecule has 5 nitrogen and oxygen atoms in total. The van der Waals surface area contributed by atoms with Crippen molar-refractivity contribution in [3.8, 4) is 0 Å². The van der Waals surface area contributed by atoms with Crippen molar-refractivity contribution in [2.45, 2.75) is 6.10 Å². The number of pyridine rings is 1. The highest BCUT2D eigenvalue weighted by Crippen LogP contribution is 2.25. The van der Waals surface area contributed by atoms with E-state index in [1.807, 2.05) is 5.41 Å². The summed E-state index contributed by atoms with van der Waals surface area (Å²) in [5.74, 6) is -2.26. The van der Waals surface area contributed by atoms with Gasteiger partial charge in [-0.15, -0.1) is 11.8 Å². The van der Waals surface area contributed by atoms with Crippen LogP contribution in [0.2, 0.25) is 0 Å². The van der Waals surface area contributed by atoms with Gasteiger partial charge in [0.1, 0.15) is 17.5 Å². The lowest BCUT2D eigenvalue weighted by Gasteiger charge is -2.17. The number of benzene rings is 1. The van der Waals surface area contributed by atoms with E-state index in [-0.39, 0.29) is 0 Å². The average Bonchev–Trinajstić information content (AvgIpc) is 2.62. The monoisotopic (exact) mass is 361 g/mol. The first-order valence-corrected chi connectivity index (χ1v) is 8.33. The van der Waals surface area contributed by atoms with Gasteiger partial charge < -0.3 is 10.4 Å². The number of rotatable bonds is 3. The third kappa shape index (κ3) is 3.92. The Balaban J connectivity index is 1.77. The number of amidine groups is 1. The number of aliphatic imine (C=N–C) groups is 1. The molecule has 1 atom stereocenters. The molecule has 1 unspecified atom stereocenters. The quantitative estimate of drug-likeness (QED) is 0.881. The molecular formula is C17H13F2N3O2S. The third-order valence-corrected chi connectivity index (χ3v) is 4.27. The van der Waals surface area contributed by atoms with Gasteiger partial charge in [0.15, 0.2) is 6.10 Å². The Morgan fingerprint density at radius 2 is 1.88 bits per heavy atom. The van der Waals surface area contributed by atoms with Crippen LogP contribution in [0.1, 0.15) is 17.2 Å². The lowest BCUT2D eigenvalue weighted by molar-refractivity contribution is -0.128. The van der Waals surface area contributed by atoms with Gasteiger partial charge >= 0.3 is 0 Å². The fraction of sp³-hybridized carbons (Fsp3) is 0.118. The molecule has 25 heavy (non-hydrogen) atoms. The van der Waals surface area contributed by atoms with Gasteiger partial charge in [0.05, 0.1) is 17.0 Å². The van der Waals surface area contributed by atoms with Crippen LogP contribution < -0.4 is 5.32 Å². The summed E-state index contributed by atoms with van der Waals surface area (Å²) < 4.78 is 27.4. The van der Waals surface area contributed by atoms with E-state index in [9.17, 15) is 18.7 Å². The molecule has 1 aliphatic rings. The van der Waals surface area contributed by atoms with E-state index in [0.717, 1.165) is 23.8 Å². The number of halogens is 2. The Kier molecular flexibility index (Phi) is 5.20. The smallest absolute Gasteiger partial charge is 0.258 e. The molecule has 0 saturated heterocycles. The Morgan fingerprint density at radius 3 is 2.56 bits per heavy atom. The lowest BCUT2D eigenvalue weighted by atomic mass is 10.1. The number of nitrogens with one attached hydrogen (secondary N) is 1. The molecule has 128 valence electrons. The lowest BCUT2D eigenvalue weighted by Crippen LogP contribution is -2.37. The summed E-state index contributed by atoms with van der Waals surface area (Å²) in [6.07, 6.45) is 1.27. The molecule has 3 rings (SSSR count). The number of thioether (sulfide) groups is 1. The van der Waals surface area contributed by atoms with Crippen LogP contribution in [-0.4, -0.2) is 27.6 Å². The summed E-state index contributed by atoms with van der Waals surface area (Å²) in [4.78, 5) is 20.4. The number of aliphatic hydroxyl groups is 1. The van der Waals surface area contributed by atoms with Crippen LogP contribution in [0.15, 0.2) is 53.1 Å². The topological polar surface area (TPSA) is 74.6 Å². The fourth-order valence-corrected chi connectivity index (χ4v) is 2.96. The Bertz CT molecular complexity index is 836. The molecular weight excluding hydrogens is 348 g/mol. The minimum atomic E-state index is -1.97. The number of amides is 1. The maximum atomic E-state index is 13.7. The SMILES string of the molecule is O=C(NC1=NC(c2ccncc2)=CSC1)C(O)c1c(F)cccc1F. The second-order valence-corrected chi connectivity index (χ2v) is 5.99. The number of aromatic nitrogens is 1. The Hall–Kier alpha value is -2.58. The zero-order valence-corrected chi connectivity index (χ0v) is 13.6. The van der Waals surface area contributed by atoms with E-state index < -0.39 is 29.2 Å². The minimum Gasteiger partial charge on any atom is -0.378 e. The molecule has 0 saturated carbocycles. The summed E-state index contributed by atoms with van der Waals surface area (Å²) in [7, 11) is 0. The molecule has 2 heterocycles. The maximum Gasteiger partial charge on any atom is 0.258 e. The van der Waals surface area contributed by atoms with Crippen molar-refractivity contribution in [2.24, 2.45) is 4.99 Å². The second-order valence-electron chi connectivity index (χ2n) is 5.14. The summed E-state index contributed by atoms with van der Waals surface area (Å²) in [5.41, 5.74) is 0.754. The first-order chi connectivity index (χ1) is 12.1. The van der Waals surface area contributed by atoms with Crippen LogP contribution in [-0.2, 0) is 4.79 Å². The summed E-state index contributed by atoms with van der Waals surface area (Å²) in [6.45, 7) is 0. The molecule has 8 heteroatoms. The van der Waals surface area contributed by atoms with Crippen LogP contribution in [0.25, 0.3) is 5.70 Å². The van der Waals surface area contributed by atoms with E-state index in [1.54, 1.807) is 24.5 Å². The van der Waals surface area contributed by atoms with Gasteiger partial charge in [-0.05, 0) is 29.7 Å². The van der Waals surface area contributed by atoms with Gasteiger partial charge in [0.25, 0.3) is 5.91 Å². The van der Waals surface area contributed by atoms with E-state index in [1.165, 1.54) is 11.8 Å². The van der Waals surface area contributed by atoms with Crippen LogP contribution in [0, 0.1) is 11.6 Å². The van der Waals surface area contributed by atoms with E-state index in [0.29, 0.717) is 17.3 Å². The molecule has 0 radical (unpaired) electrons. The molecule has 0 spiro atoms. The standard InChI is InChI=1S/C17H13F2N3O2S/c18-11-2-1-3-12(19)15(11)16(23)17(24)22-14-9-25-8-13(21-14)10-4-6-20-7-5-10/h1-8,16,23H,9H2,(H,21,22,24). The van der Waals surface area contributed by atoms with Crippen molar-refractivity contribution < 1.29 is 18.7 Å². The van der Waals surface area contributed by atoms with Crippen molar-refractivity contribution in [2.75, 3.05) is 5.75 Å². The Labute approximate surface area is 146 Å². The molecule has 1 aliphatic heterocycles. The van der Waals surface area contributed by atoms with Gasteiger partial charge in [0, 0.05) is 18.0 Å². The predicted molar refractivity (Wildman–Crippen MR) is 91.6 cm³/mol. The largest absolute Gasteiger partial charge is 0.378 e. The summed E-state index contributed by atoms with van der Waals surface area (Å²) >= 11 is 1.40. The van der Waals surface area contributed by atoms with Crippen LogP contribution in [0.5, 0.6) is 0 Å². The van der Waals surface area contributed by atoms with Gasteiger partial charge in [-0.1, -0.05) is 6.07 Å². The van der Waals surface area contributed by atoms with Crippen LogP contribution >= 0.6 is 11.8 Å². The molecule has 2 aromatic rings.